The largest absolute Gasteiger partial charge is 0.549 e. The van der Waals surface area contributed by atoms with Gasteiger partial charge in [-0.05, 0) is 168 Å². The molecule has 0 aromatic rings. The lowest BCUT2D eigenvalue weighted by molar-refractivity contribution is -0.343. The van der Waals surface area contributed by atoms with Crippen LogP contribution in [0.4, 0.5) is 0 Å². The van der Waals surface area contributed by atoms with E-state index >= 15 is 0 Å². The van der Waals surface area contributed by atoms with Crippen molar-refractivity contribution in [2.45, 2.75) is 187 Å². The molecule has 0 saturated carbocycles. The summed E-state index contributed by atoms with van der Waals surface area (Å²) in [5.41, 5.74) is -5.02. The molecule has 2 aliphatic heterocycles. The van der Waals surface area contributed by atoms with Gasteiger partial charge in [-0.2, -0.15) is 0 Å². The Balaban J connectivity index is 2.38. The first-order valence-corrected chi connectivity index (χ1v) is 26.4. The lowest BCUT2D eigenvalue weighted by Crippen LogP contribution is -2.64. The van der Waals surface area contributed by atoms with E-state index in [1.165, 1.54) is 6.26 Å². The van der Waals surface area contributed by atoms with Crippen LogP contribution in [0.3, 0.4) is 0 Å². The molecule has 0 amide bonds. The van der Waals surface area contributed by atoms with Gasteiger partial charge in [-0.15, -0.1) is 0 Å². The lowest BCUT2D eigenvalue weighted by Gasteiger charge is -2.46. The maximum absolute atomic E-state index is 14.0. The first kappa shape index (κ1) is 57.1. The third kappa shape index (κ3) is 15.9. The number of carbonyl (C=O) groups excluding carboxylic acids is 6. The Kier molecular flexibility index (Phi) is 17.7. The number of rotatable bonds is 12. The molecule has 0 N–H and O–H groups in total. The maximum atomic E-state index is 14.0. The summed E-state index contributed by atoms with van der Waals surface area (Å²) in [6.07, 6.45) is -3.82. The quantitative estimate of drug-likeness (QED) is 0.0593. The van der Waals surface area contributed by atoms with Gasteiger partial charge in [0.05, 0.1) is 50.9 Å². The molecule has 0 aromatic carbocycles. The van der Waals surface area contributed by atoms with Gasteiger partial charge < -0.3 is 47.1 Å². The summed E-state index contributed by atoms with van der Waals surface area (Å²) in [6.45, 7) is 35.3. The first-order valence-electron chi connectivity index (χ1n) is 23.0. The van der Waals surface area contributed by atoms with Crippen LogP contribution in [0.15, 0.2) is 35.8 Å². The van der Waals surface area contributed by atoms with Crippen molar-refractivity contribution in [3.63, 3.8) is 0 Å². The van der Waals surface area contributed by atoms with Crippen molar-refractivity contribution in [1.29, 1.82) is 0 Å². The molecule has 16 nitrogen and oxygen atoms in total. The minimum absolute atomic E-state index is 0.262. The number of esters is 6. The van der Waals surface area contributed by atoms with Crippen LogP contribution in [0.2, 0.25) is 19.6 Å². The van der Waals surface area contributed by atoms with Crippen molar-refractivity contribution in [3.8, 4) is 0 Å². The van der Waals surface area contributed by atoms with E-state index in [1.54, 1.807) is 143 Å². The fourth-order valence-electron chi connectivity index (χ4n) is 6.32. The number of hydrogen-bond acceptors (Lipinski definition) is 16. The summed E-state index contributed by atoms with van der Waals surface area (Å²) < 4.78 is 62.8. The Hall–Kier alpha value is -4.22. The smallest absolute Gasteiger partial charge is 0.311 e. The molecule has 0 aromatic heterocycles. The Bertz CT molecular complexity index is 1920. The van der Waals surface area contributed by atoms with Crippen LogP contribution in [-0.4, -0.2) is 100 Å². The molecule has 0 bridgehead atoms. The molecule has 0 unspecified atom stereocenters. The highest BCUT2D eigenvalue weighted by molar-refractivity contribution is 6.69. The third-order valence-corrected chi connectivity index (χ3v) is 11.3. The minimum Gasteiger partial charge on any atom is -0.549 e. The second kappa shape index (κ2) is 20.8. The average molecular weight is 965 g/mol. The zero-order valence-corrected chi connectivity index (χ0v) is 45.0. The molecule has 3 aliphatic rings. The van der Waals surface area contributed by atoms with Gasteiger partial charge in [0.25, 0.3) is 0 Å². The van der Waals surface area contributed by atoms with Crippen LogP contribution >= 0.6 is 0 Å². The number of allylic oxidation sites excluding steroid dienone is 1. The molecule has 0 spiro atoms. The van der Waals surface area contributed by atoms with Gasteiger partial charge in [-0.1, -0.05) is 0 Å². The highest BCUT2D eigenvalue weighted by atomic mass is 28.4. The van der Waals surface area contributed by atoms with Crippen LogP contribution in [0.5, 0.6) is 0 Å². The van der Waals surface area contributed by atoms with Gasteiger partial charge in [-0.25, -0.2) is 0 Å². The van der Waals surface area contributed by atoms with Crippen molar-refractivity contribution < 1.29 is 75.8 Å². The molecule has 9 atom stereocenters. The molecule has 2 heterocycles. The molecule has 1 saturated heterocycles. The van der Waals surface area contributed by atoms with E-state index in [0.717, 1.165) is 0 Å². The molecular weight excluding hydrogens is 885 g/mol. The molecule has 3 rings (SSSR count). The first-order chi connectivity index (χ1) is 30.1. The topological polar surface area (TPSA) is 195 Å². The summed E-state index contributed by atoms with van der Waals surface area (Å²) in [5.74, 6) is -5.51. The van der Waals surface area contributed by atoms with E-state index in [9.17, 15) is 28.8 Å². The van der Waals surface area contributed by atoms with Crippen molar-refractivity contribution in [1.82, 2.24) is 0 Å². The maximum Gasteiger partial charge on any atom is 0.311 e. The van der Waals surface area contributed by atoms with Gasteiger partial charge in [0.1, 0.15) is 25.4 Å². The molecular formula is C50H80O16Si. The molecule has 1 fully saturated rings. The van der Waals surface area contributed by atoms with Gasteiger partial charge in [-0.3, -0.25) is 28.8 Å². The van der Waals surface area contributed by atoms with E-state index in [2.05, 4.69) is 0 Å². The van der Waals surface area contributed by atoms with Gasteiger partial charge >= 0.3 is 35.8 Å². The fourth-order valence-corrected chi connectivity index (χ4v) is 6.81. The van der Waals surface area contributed by atoms with Crippen LogP contribution < -0.4 is 0 Å². The summed E-state index contributed by atoms with van der Waals surface area (Å²) in [7, 11) is -2.21. The summed E-state index contributed by atoms with van der Waals surface area (Å²) >= 11 is 0. The van der Waals surface area contributed by atoms with Crippen LogP contribution in [0, 0.1) is 44.3 Å². The van der Waals surface area contributed by atoms with Crippen LogP contribution in [0.1, 0.15) is 125 Å². The Morgan fingerprint density at radius 1 is 0.552 bits per heavy atom. The van der Waals surface area contributed by atoms with Gasteiger partial charge in [0.15, 0.2) is 18.3 Å². The zero-order chi connectivity index (χ0) is 51.6. The third-order valence-electron chi connectivity index (χ3n) is 10.5. The minimum atomic E-state index is -2.21. The van der Waals surface area contributed by atoms with Gasteiger partial charge in [0.2, 0.25) is 20.9 Å². The highest BCUT2D eigenvalue weighted by Crippen LogP contribution is 2.46. The van der Waals surface area contributed by atoms with Gasteiger partial charge in [0, 0.05) is 5.92 Å². The average Bonchev–Trinajstić information content (AvgIpc) is 3.39. The summed E-state index contributed by atoms with van der Waals surface area (Å²) in [5, 5.41) is 0. The molecule has 0 radical (unpaired) electrons. The number of ether oxygens (including phenoxy) is 9. The SMILES string of the molecule is CC(C)(C)C(=O)OCC1=C[C@@H](OC(=O)C(C)(C)C)[C@@H]2/C(=C/O[Si](C)(C)C)C=CO[C@@H](O[C@@H]3O[C@H](COC(=O)C(C)(C)C)[C@@H](OC(=O)C(C)(C)C)[C@H](OC(=O)C(C)(C)C)[C@H]3OC(=O)C(C)(C)C)[C@H]12. The fraction of sp³-hybridized carbons (Fsp3) is 0.760. The Labute approximate surface area is 399 Å². The van der Waals surface area contributed by atoms with E-state index in [1.807, 2.05) is 19.6 Å². The highest BCUT2D eigenvalue weighted by Gasteiger charge is 2.58. The molecule has 380 valence electrons. The van der Waals surface area contributed by atoms with Crippen LogP contribution in [0.25, 0.3) is 0 Å². The van der Waals surface area contributed by atoms with Crippen molar-refractivity contribution in [2.24, 2.45) is 44.3 Å². The van der Waals surface area contributed by atoms with E-state index in [0.29, 0.717) is 11.1 Å². The molecule has 1 aliphatic carbocycles. The second-order valence-corrected chi connectivity index (χ2v) is 29.2. The second-order valence-electron chi connectivity index (χ2n) is 24.8. The number of fused-ring (bicyclic) bond motifs is 1. The predicted octanol–water partition coefficient (Wildman–Crippen LogP) is 8.52. The Morgan fingerprint density at radius 3 is 1.45 bits per heavy atom. The van der Waals surface area contributed by atoms with Crippen molar-refractivity contribution in [2.75, 3.05) is 13.2 Å². The molecule has 17 heteroatoms. The van der Waals surface area contributed by atoms with Crippen LogP contribution in [-0.2, 0) is 75.8 Å². The Morgan fingerprint density at radius 2 is 0.985 bits per heavy atom. The zero-order valence-electron chi connectivity index (χ0n) is 44.0. The van der Waals surface area contributed by atoms with E-state index < -0.39 is 138 Å². The van der Waals surface area contributed by atoms with Crippen molar-refractivity contribution in [3.05, 3.63) is 35.8 Å². The standard InChI is InChI=1S/C50H80O16Si/c1-45(2,3)39(51)58-25-29-24-30(62-41(53)47(7,8)9)32-28(26-60-67(19,20)21)22-23-57-37(33(29)32)66-38-36(65-44(56)50(16,17)18)35(64-43(55)49(13,14)15)34(63-42(54)48(10,11)12)31(61-38)27-59-40(52)46(4,5)6/h22-24,26,30-38H,25,27H2,1-21H3/b28-26+/t30-,31-,32+,33-,34-,35+,36-,37+,38+/m1/s1. The normalized spacial score (nSPS) is 26.8. The van der Waals surface area contributed by atoms with E-state index in [-0.39, 0.29) is 6.61 Å². The van der Waals surface area contributed by atoms with E-state index in [4.69, 9.17) is 47.1 Å². The van der Waals surface area contributed by atoms with Crippen molar-refractivity contribution >= 4 is 44.1 Å². The lowest BCUT2D eigenvalue weighted by atomic mass is 9.84. The summed E-state index contributed by atoms with van der Waals surface area (Å²) in [4.78, 5) is 82.0. The monoisotopic (exact) mass is 965 g/mol. The predicted molar refractivity (Wildman–Crippen MR) is 250 cm³/mol. The summed E-state index contributed by atoms with van der Waals surface area (Å²) in [6, 6.07) is 0. The number of hydrogen-bond donors (Lipinski definition) is 0. The molecule has 67 heavy (non-hydrogen) atoms. The number of carbonyl (C=O) groups is 6.